The smallest absolute Gasteiger partial charge is 0.219 e. The van der Waals surface area contributed by atoms with E-state index in [0.29, 0.717) is 18.8 Å². The fourth-order valence-corrected chi connectivity index (χ4v) is 3.45. The third-order valence-electron chi connectivity index (χ3n) is 3.23. The van der Waals surface area contributed by atoms with E-state index in [0.717, 1.165) is 0 Å². The number of likely N-dealkylation sites (N-methyl/N-ethyl adjacent to an activating group) is 1. The highest BCUT2D eigenvalue weighted by Gasteiger charge is 2.32. The number of halogens is 1. The predicted molar refractivity (Wildman–Crippen MR) is 72.7 cm³/mol. The van der Waals surface area contributed by atoms with Crippen molar-refractivity contribution in [2.45, 2.75) is 11.7 Å². The summed E-state index contributed by atoms with van der Waals surface area (Å²) in [7, 11) is -1.80. The average molecular weight is 303 g/mol. The van der Waals surface area contributed by atoms with Crippen molar-refractivity contribution in [2.24, 2.45) is 0 Å². The zero-order valence-corrected chi connectivity index (χ0v) is 12.1. The molecule has 0 aromatic heterocycles. The number of nitrogens with zero attached hydrogens (tertiary/aromatic N) is 1. The fraction of sp³-hybridized carbons (Fsp3) is 0.538. The molecule has 0 saturated carbocycles. The van der Waals surface area contributed by atoms with E-state index < -0.39 is 15.3 Å². The minimum Gasteiger partial charge on any atom is -0.492 e. The lowest BCUT2D eigenvalue weighted by Crippen LogP contribution is -2.38. The molecule has 0 bridgehead atoms. The van der Waals surface area contributed by atoms with Gasteiger partial charge in [-0.3, -0.25) is 0 Å². The van der Waals surface area contributed by atoms with Crippen LogP contribution in [0.3, 0.4) is 0 Å². The lowest BCUT2D eigenvalue weighted by atomic mass is 10.3. The summed E-state index contributed by atoms with van der Waals surface area (Å²) < 4.78 is 48.8. The predicted octanol–water partition coefficient (Wildman–Crippen LogP) is 1.25. The van der Waals surface area contributed by atoms with Crippen molar-refractivity contribution in [3.05, 3.63) is 30.1 Å². The van der Waals surface area contributed by atoms with Crippen molar-refractivity contribution in [3.8, 4) is 5.75 Å². The van der Waals surface area contributed by atoms with Gasteiger partial charge < -0.3 is 9.47 Å². The van der Waals surface area contributed by atoms with E-state index in [2.05, 4.69) is 0 Å². The number of hydrogen-bond acceptors (Lipinski definition) is 4. The molecule has 0 unspecified atom stereocenters. The maximum absolute atomic E-state index is 12.7. The lowest BCUT2D eigenvalue weighted by Gasteiger charge is -2.20. The van der Waals surface area contributed by atoms with Crippen LogP contribution in [0.4, 0.5) is 4.39 Å². The van der Waals surface area contributed by atoms with Crippen molar-refractivity contribution in [1.82, 2.24) is 4.31 Å². The minimum atomic E-state index is -3.33. The second kappa shape index (κ2) is 6.51. The lowest BCUT2D eigenvalue weighted by molar-refractivity contribution is 0.197. The third kappa shape index (κ3) is 3.68. The standard InChI is InChI=1S/C13H18FNO4S/c1-15(20(16,17)13-6-8-18-10-13)7-9-19-12-4-2-11(14)3-5-12/h2-5,13H,6-10H2,1H3/t13-/m1/s1. The summed E-state index contributed by atoms with van der Waals surface area (Å²) in [6.45, 7) is 1.21. The molecule has 1 fully saturated rings. The van der Waals surface area contributed by atoms with Gasteiger partial charge in [0, 0.05) is 20.2 Å². The first-order valence-corrected chi connectivity index (χ1v) is 7.92. The molecule has 1 aliphatic rings. The molecule has 20 heavy (non-hydrogen) atoms. The monoisotopic (exact) mass is 303 g/mol. The Morgan fingerprint density at radius 1 is 1.40 bits per heavy atom. The quantitative estimate of drug-likeness (QED) is 0.794. The van der Waals surface area contributed by atoms with Crippen LogP contribution in [0.1, 0.15) is 6.42 Å². The van der Waals surface area contributed by atoms with Crippen LogP contribution in [0.5, 0.6) is 5.75 Å². The second-order valence-electron chi connectivity index (χ2n) is 4.65. The Labute approximate surface area is 118 Å². The molecule has 1 heterocycles. The largest absolute Gasteiger partial charge is 0.492 e. The normalized spacial score (nSPS) is 19.4. The SMILES string of the molecule is CN(CCOc1ccc(F)cc1)S(=O)(=O)[C@@H]1CCOC1. The van der Waals surface area contributed by atoms with E-state index in [9.17, 15) is 12.8 Å². The number of sulfonamides is 1. The molecule has 0 N–H and O–H groups in total. The highest BCUT2D eigenvalue weighted by atomic mass is 32.2. The number of ether oxygens (including phenoxy) is 2. The summed E-state index contributed by atoms with van der Waals surface area (Å²) in [5.74, 6) is 0.180. The molecule has 112 valence electrons. The highest BCUT2D eigenvalue weighted by Crippen LogP contribution is 2.17. The molecule has 1 saturated heterocycles. The van der Waals surface area contributed by atoms with Gasteiger partial charge in [-0.1, -0.05) is 0 Å². The molecule has 0 aliphatic carbocycles. The minimum absolute atomic E-state index is 0.217. The average Bonchev–Trinajstić information content (AvgIpc) is 2.95. The van der Waals surface area contributed by atoms with E-state index in [1.807, 2.05) is 0 Å². The van der Waals surface area contributed by atoms with Gasteiger partial charge in [0.1, 0.15) is 23.4 Å². The first-order valence-electron chi connectivity index (χ1n) is 6.41. The Kier molecular flexibility index (Phi) is 4.95. The van der Waals surface area contributed by atoms with Crippen LogP contribution in [-0.2, 0) is 14.8 Å². The van der Waals surface area contributed by atoms with Crippen molar-refractivity contribution < 1.29 is 22.3 Å². The van der Waals surface area contributed by atoms with Gasteiger partial charge in [0.2, 0.25) is 10.0 Å². The first-order chi connectivity index (χ1) is 9.50. The van der Waals surface area contributed by atoms with Crippen molar-refractivity contribution in [1.29, 1.82) is 0 Å². The molecule has 1 aliphatic heterocycles. The van der Waals surface area contributed by atoms with Gasteiger partial charge in [-0.15, -0.1) is 0 Å². The van der Waals surface area contributed by atoms with Gasteiger partial charge in [-0.05, 0) is 30.7 Å². The molecule has 1 aromatic carbocycles. The van der Waals surface area contributed by atoms with Crippen molar-refractivity contribution in [3.63, 3.8) is 0 Å². The molecular weight excluding hydrogens is 285 g/mol. The van der Waals surface area contributed by atoms with E-state index in [1.165, 1.54) is 35.6 Å². The molecule has 7 heteroatoms. The summed E-state index contributed by atoms with van der Waals surface area (Å²) in [6.07, 6.45) is 0.533. The fourth-order valence-electron chi connectivity index (χ4n) is 1.95. The van der Waals surface area contributed by atoms with Crippen LogP contribution in [-0.4, -0.2) is 51.4 Å². The molecule has 0 amide bonds. The van der Waals surface area contributed by atoms with Gasteiger partial charge >= 0.3 is 0 Å². The molecule has 2 rings (SSSR count). The van der Waals surface area contributed by atoms with Crippen molar-refractivity contribution >= 4 is 10.0 Å². The Morgan fingerprint density at radius 3 is 2.70 bits per heavy atom. The second-order valence-corrected chi connectivity index (χ2v) is 6.97. The Balaban J connectivity index is 1.82. The Bertz CT molecular complexity index is 526. The zero-order valence-electron chi connectivity index (χ0n) is 11.3. The summed E-state index contributed by atoms with van der Waals surface area (Å²) in [5.41, 5.74) is 0. The number of hydrogen-bond donors (Lipinski definition) is 0. The molecule has 1 atom stereocenters. The van der Waals surface area contributed by atoms with Crippen LogP contribution < -0.4 is 4.74 Å². The van der Waals surface area contributed by atoms with E-state index in [-0.39, 0.29) is 25.6 Å². The van der Waals surface area contributed by atoms with Crippen LogP contribution in [0.15, 0.2) is 24.3 Å². The van der Waals surface area contributed by atoms with E-state index in [1.54, 1.807) is 0 Å². The van der Waals surface area contributed by atoms with E-state index in [4.69, 9.17) is 9.47 Å². The van der Waals surface area contributed by atoms with Gasteiger partial charge in [0.15, 0.2) is 0 Å². The summed E-state index contributed by atoms with van der Waals surface area (Å²) in [6, 6.07) is 5.61. The summed E-state index contributed by atoms with van der Waals surface area (Å²) in [5, 5.41) is -0.460. The summed E-state index contributed by atoms with van der Waals surface area (Å²) >= 11 is 0. The van der Waals surface area contributed by atoms with Gasteiger partial charge in [0.25, 0.3) is 0 Å². The molecular formula is C13H18FNO4S. The maximum atomic E-state index is 12.7. The van der Waals surface area contributed by atoms with Gasteiger partial charge in [-0.2, -0.15) is 0 Å². The molecule has 1 aromatic rings. The van der Waals surface area contributed by atoms with Gasteiger partial charge in [-0.25, -0.2) is 17.1 Å². The third-order valence-corrected chi connectivity index (χ3v) is 5.50. The molecule has 0 spiro atoms. The summed E-state index contributed by atoms with van der Waals surface area (Å²) in [4.78, 5) is 0. The highest BCUT2D eigenvalue weighted by molar-refractivity contribution is 7.89. The topological polar surface area (TPSA) is 55.8 Å². The van der Waals surface area contributed by atoms with E-state index >= 15 is 0 Å². The van der Waals surface area contributed by atoms with Crippen LogP contribution in [0.25, 0.3) is 0 Å². The maximum Gasteiger partial charge on any atom is 0.219 e. The van der Waals surface area contributed by atoms with Crippen LogP contribution >= 0.6 is 0 Å². The molecule has 5 nitrogen and oxygen atoms in total. The number of rotatable bonds is 6. The Hall–Kier alpha value is -1.18. The first kappa shape index (κ1) is 15.2. The number of benzene rings is 1. The van der Waals surface area contributed by atoms with Crippen LogP contribution in [0.2, 0.25) is 0 Å². The van der Waals surface area contributed by atoms with Crippen molar-refractivity contribution in [2.75, 3.05) is 33.4 Å². The van der Waals surface area contributed by atoms with Gasteiger partial charge in [0.05, 0.1) is 6.61 Å². The Morgan fingerprint density at radius 2 is 2.10 bits per heavy atom. The zero-order chi connectivity index (χ0) is 14.6. The van der Waals surface area contributed by atoms with Crippen LogP contribution in [0, 0.1) is 5.82 Å². The molecule has 0 radical (unpaired) electrons.